The highest BCUT2D eigenvalue weighted by molar-refractivity contribution is 7.47. The zero-order valence-corrected chi connectivity index (χ0v) is 38.5. The largest absolute Gasteiger partial charge is 0.472 e. The Bertz CT molecular complexity index is 969. The Morgan fingerprint density at radius 1 is 0.607 bits per heavy atom. The van der Waals surface area contributed by atoms with E-state index in [1.807, 2.05) is 21.1 Å². The molecule has 3 N–H and O–H groups in total. The van der Waals surface area contributed by atoms with Gasteiger partial charge in [-0.2, -0.15) is 0 Å². The van der Waals surface area contributed by atoms with Gasteiger partial charge in [-0.1, -0.05) is 199 Å². The van der Waals surface area contributed by atoms with E-state index in [-0.39, 0.29) is 19.1 Å². The first kappa shape index (κ1) is 55.0. The van der Waals surface area contributed by atoms with Crippen molar-refractivity contribution in [2.45, 2.75) is 231 Å². The fourth-order valence-electron chi connectivity index (χ4n) is 6.91. The smallest absolute Gasteiger partial charge is 0.391 e. The predicted octanol–water partition coefficient (Wildman–Crippen LogP) is 13.3. The van der Waals surface area contributed by atoms with Gasteiger partial charge >= 0.3 is 7.82 Å². The molecule has 56 heavy (non-hydrogen) atoms. The Kier molecular flexibility index (Phi) is 38.7. The standard InChI is InChI=1S/C47H93N2O6P/c1-6-8-10-12-14-16-18-20-21-22-23-24-25-26-27-29-30-32-34-36-38-40-46(50)45(44-55-56(52,53)54-43-42-49(3,4)5)48-47(51)41-39-37-35-33-31-28-19-17-15-13-11-9-7-2/h11,13,17,19,45-46,50H,6-10,12,14-16,18,20-44H2,1-5H3,(H-,48,51,52,53)/p+1/b13-11-,19-17-. The molecule has 9 heteroatoms. The quantitative estimate of drug-likeness (QED) is 0.0245. The van der Waals surface area contributed by atoms with Crippen molar-refractivity contribution in [2.75, 3.05) is 40.9 Å². The Hall–Kier alpha value is -1.02. The maximum atomic E-state index is 12.9. The van der Waals surface area contributed by atoms with Crippen LogP contribution >= 0.6 is 7.82 Å². The number of allylic oxidation sites excluding steroid dienone is 4. The van der Waals surface area contributed by atoms with Crippen molar-refractivity contribution in [3.8, 4) is 0 Å². The number of unbranched alkanes of at least 4 members (excludes halogenated alkanes) is 26. The van der Waals surface area contributed by atoms with Gasteiger partial charge in [-0.3, -0.25) is 13.8 Å². The number of aliphatic hydroxyl groups excluding tert-OH is 1. The van der Waals surface area contributed by atoms with Crippen LogP contribution in [0.2, 0.25) is 0 Å². The first-order chi connectivity index (χ1) is 27.0. The fourth-order valence-corrected chi connectivity index (χ4v) is 7.64. The van der Waals surface area contributed by atoms with Gasteiger partial charge in [0.25, 0.3) is 0 Å². The summed E-state index contributed by atoms with van der Waals surface area (Å²) in [5, 5.41) is 14.0. The van der Waals surface area contributed by atoms with E-state index in [1.165, 1.54) is 122 Å². The van der Waals surface area contributed by atoms with Crippen LogP contribution in [-0.2, 0) is 18.4 Å². The highest BCUT2D eigenvalue weighted by atomic mass is 31.2. The minimum atomic E-state index is -4.32. The van der Waals surface area contributed by atoms with Gasteiger partial charge in [0, 0.05) is 6.42 Å². The summed E-state index contributed by atoms with van der Waals surface area (Å²) in [4.78, 5) is 23.1. The van der Waals surface area contributed by atoms with E-state index in [9.17, 15) is 19.4 Å². The van der Waals surface area contributed by atoms with E-state index in [0.29, 0.717) is 23.9 Å². The van der Waals surface area contributed by atoms with Gasteiger partial charge in [-0.05, 0) is 38.5 Å². The number of amides is 1. The molecule has 0 aliphatic heterocycles. The van der Waals surface area contributed by atoms with Crippen LogP contribution in [0.3, 0.4) is 0 Å². The molecule has 0 heterocycles. The number of nitrogens with zero attached hydrogens (tertiary/aromatic N) is 1. The summed E-state index contributed by atoms with van der Waals surface area (Å²) in [5.41, 5.74) is 0. The minimum absolute atomic E-state index is 0.0724. The molecule has 0 aliphatic rings. The maximum Gasteiger partial charge on any atom is 0.472 e. The molecule has 0 aromatic rings. The third kappa shape index (κ3) is 41.2. The normalized spacial score (nSPS) is 14.5. The lowest BCUT2D eigenvalue weighted by molar-refractivity contribution is -0.870. The lowest BCUT2D eigenvalue weighted by Crippen LogP contribution is -2.46. The van der Waals surface area contributed by atoms with Crippen LogP contribution in [0.5, 0.6) is 0 Å². The summed E-state index contributed by atoms with van der Waals surface area (Å²) in [6.07, 6.45) is 46.4. The Morgan fingerprint density at radius 3 is 1.54 bits per heavy atom. The number of hydrogen-bond donors (Lipinski definition) is 3. The second-order valence-electron chi connectivity index (χ2n) is 17.5. The highest BCUT2D eigenvalue weighted by Crippen LogP contribution is 2.43. The third-order valence-corrected chi connectivity index (χ3v) is 11.7. The number of quaternary nitrogens is 1. The van der Waals surface area contributed by atoms with Crippen LogP contribution in [0.25, 0.3) is 0 Å². The molecule has 332 valence electrons. The molecular formula is C47H94N2O6P+. The van der Waals surface area contributed by atoms with Gasteiger partial charge in [-0.25, -0.2) is 4.57 Å². The van der Waals surface area contributed by atoms with Gasteiger partial charge in [0.2, 0.25) is 5.91 Å². The minimum Gasteiger partial charge on any atom is -0.391 e. The maximum absolute atomic E-state index is 12.9. The van der Waals surface area contributed by atoms with Crippen molar-refractivity contribution in [3.05, 3.63) is 24.3 Å². The van der Waals surface area contributed by atoms with Crippen LogP contribution in [0.15, 0.2) is 24.3 Å². The van der Waals surface area contributed by atoms with E-state index in [0.717, 1.165) is 70.6 Å². The zero-order valence-electron chi connectivity index (χ0n) is 37.6. The van der Waals surface area contributed by atoms with Gasteiger partial charge in [0.1, 0.15) is 13.2 Å². The first-order valence-electron chi connectivity index (χ1n) is 23.7. The molecule has 0 aromatic heterocycles. The number of phosphoric acid groups is 1. The molecule has 0 saturated carbocycles. The van der Waals surface area contributed by atoms with E-state index >= 15 is 0 Å². The summed E-state index contributed by atoms with van der Waals surface area (Å²) >= 11 is 0. The van der Waals surface area contributed by atoms with Gasteiger partial charge < -0.3 is 19.8 Å². The Morgan fingerprint density at radius 2 is 1.05 bits per heavy atom. The van der Waals surface area contributed by atoms with Crippen LogP contribution in [0, 0.1) is 0 Å². The van der Waals surface area contributed by atoms with Crippen molar-refractivity contribution < 1.29 is 32.9 Å². The monoisotopic (exact) mass is 814 g/mol. The fraction of sp³-hybridized carbons (Fsp3) is 0.894. The summed E-state index contributed by atoms with van der Waals surface area (Å²) in [6.45, 7) is 4.82. The van der Waals surface area contributed by atoms with Crippen molar-refractivity contribution in [1.82, 2.24) is 5.32 Å². The number of carbonyl (C=O) groups excluding carboxylic acids is 1. The molecule has 0 spiro atoms. The van der Waals surface area contributed by atoms with Crippen molar-refractivity contribution in [1.29, 1.82) is 0 Å². The number of carbonyl (C=O) groups is 1. The summed E-state index contributed by atoms with van der Waals surface area (Å²) in [5.74, 6) is -0.158. The van der Waals surface area contributed by atoms with E-state index < -0.39 is 20.0 Å². The molecule has 0 saturated heterocycles. The van der Waals surface area contributed by atoms with Crippen molar-refractivity contribution >= 4 is 13.7 Å². The molecule has 0 rings (SSSR count). The van der Waals surface area contributed by atoms with Crippen molar-refractivity contribution in [2.24, 2.45) is 0 Å². The number of aliphatic hydroxyl groups is 1. The van der Waals surface area contributed by atoms with Crippen LogP contribution in [0.1, 0.15) is 219 Å². The molecule has 0 aromatic carbocycles. The molecule has 0 fully saturated rings. The molecule has 1 amide bonds. The zero-order chi connectivity index (χ0) is 41.4. The number of likely N-dealkylation sites (N-methyl/N-ethyl adjacent to an activating group) is 1. The second-order valence-corrected chi connectivity index (χ2v) is 18.9. The van der Waals surface area contributed by atoms with Crippen LogP contribution < -0.4 is 5.32 Å². The van der Waals surface area contributed by atoms with Crippen LogP contribution in [-0.4, -0.2) is 73.4 Å². The number of hydrogen-bond acceptors (Lipinski definition) is 5. The molecule has 8 nitrogen and oxygen atoms in total. The highest BCUT2D eigenvalue weighted by Gasteiger charge is 2.28. The van der Waals surface area contributed by atoms with E-state index in [1.54, 1.807) is 0 Å². The number of nitrogens with one attached hydrogen (secondary N) is 1. The lowest BCUT2D eigenvalue weighted by Gasteiger charge is -2.26. The number of phosphoric ester groups is 1. The predicted molar refractivity (Wildman–Crippen MR) is 240 cm³/mol. The molecule has 0 bridgehead atoms. The van der Waals surface area contributed by atoms with Crippen molar-refractivity contribution in [3.63, 3.8) is 0 Å². The first-order valence-corrected chi connectivity index (χ1v) is 25.2. The molecule has 0 aliphatic carbocycles. The molecular weight excluding hydrogens is 719 g/mol. The van der Waals surface area contributed by atoms with E-state index in [2.05, 4.69) is 43.5 Å². The Balaban J connectivity index is 4.27. The molecule has 3 atom stereocenters. The van der Waals surface area contributed by atoms with Gasteiger partial charge in [-0.15, -0.1) is 0 Å². The summed E-state index contributed by atoms with van der Waals surface area (Å²) in [7, 11) is 1.61. The lowest BCUT2D eigenvalue weighted by atomic mass is 10.0. The summed E-state index contributed by atoms with van der Waals surface area (Å²) < 4.78 is 23.6. The Labute approximate surface area is 347 Å². The average Bonchev–Trinajstić information content (AvgIpc) is 3.15. The summed E-state index contributed by atoms with van der Waals surface area (Å²) in [6, 6.07) is -0.765. The van der Waals surface area contributed by atoms with E-state index in [4.69, 9.17) is 9.05 Å². The van der Waals surface area contributed by atoms with Gasteiger partial charge in [0.15, 0.2) is 0 Å². The van der Waals surface area contributed by atoms with Crippen LogP contribution in [0.4, 0.5) is 0 Å². The second kappa shape index (κ2) is 39.4. The molecule has 0 radical (unpaired) electrons. The SMILES string of the molecule is CCC/C=C\C/C=C\CCCCCCCC(=O)NC(COP(=O)(O)OCC[N+](C)(C)C)C(O)CCCCCCCCCCCCCCCCCCCCCCC. The topological polar surface area (TPSA) is 105 Å². The third-order valence-electron chi connectivity index (χ3n) is 10.7. The average molecular weight is 814 g/mol. The van der Waals surface area contributed by atoms with Gasteiger partial charge in [0.05, 0.1) is 39.9 Å². The number of rotatable bonds is 43. The molecule has 3 unspecified atom stereocenters.